The fourth-order valence-corrected chi connectivity index (χ4v) is 4.05. The molecule has 0 bridgehead atoms. The summed E-state index contributed by atoms with van der Waals surface area (Å²) in [7, 11) is 0. The first kappa shape index (κ1) is 15.8. The third kappa shape index (κ3) is 3.97. The van der Waals surface area contributed by atoms with Crippen molar-refractivity contribution in [2.75, 3.05) is 6.54 Å². The molecule has 0 heterocycles. The van der Waals surface area contributed by atoms with Crippen LogP contribution in [0.4, 0.5) is 0 Å². The van der Waals surface area contributed by atoms with Crippen LogP contribution in [0.5, 0.6) is 0 Å². The maximum Gasteiger partial charge on any atom is 0.220 e. The van der Waals surface area contributed by atoms with Gasteiger partial charge in [0, 0.05) is 12.5 Å². The lowest BCUT2D eigenvalue weighted by atomic mass is 9.71. The van der Waals surface area contributed by atoms with Crippen LogP contribution >= 0.6 is 0 Å². The second-order valence-electron chi connectivity index (χ2n) is 7.47. The van der Waals surface area contributed by atoms with E-state index in [1.54, 1.807) is 0 Å². The fourth-order valence-electron chi connectivity index (χ4n) is 4.05. The van der Waals surface area contributed by atoms with Crippen LogP contribution in [0.15, 0.2) is 0 Å². The van der Waals surface area contributed by atoms with Crippen LogP contribution in [0.2, 0.25) is 0 Å². The Morgan fingerprint density at radius 1 is 1.15 bits per heavy atom. The van der Waals surface area contributed by atoms with E-state index in [1.807, 2.05) is 0 Å². The zero-order valence-corrected chi connectivity index (χ0v) is 13.3. The predicted molar refractivity (Wildman–Crippen MR) is 83.3 cm³/mol. The smallest absolute Gasteiger partial charge is 0.220 e. The molecule has 0 aromatic carbocycles. The van der Waals surface area contributed by atoms with E-state index in [2.05, 4.69) is 19.2 Å². The number of amides is 1. The van der Waals surface area contributed by atoms with Gasteiger partial charge in [0.2, 0.25) is 5.91 Å². The zero-order chi connectivity index (χ0) is 14.6. The van der Waals surface area contributed by atoms with E-state index in [-0.39, 0.29) is 11.3 Å². The Bertz CT molecular complexity index is 323. The van der Waals surface area contributed by atoms with Crippen molar-refractivity contribution in [2.24, 2.45) is 23.0 Å². The number of carbonyl (C=O) groups excluding carboxylic acids is 1. The average molecular weight is 280 g/mol. The Labute approximate surface area is 124 Å². The minimum absolute atomic E-state index is 0.0932. The van der Waals surface area contributed by atoms with E-state index >= 15 is 0 Å². The quantitative estimate of drug-likeness (QED) is 0.830. The minimum atomic E-state index is 0.0932. The van der Waals surface area contributed by atoms with Crippen molar-refractivity contribution < 1.29 is 4.79 Å². The number of hydrogen-bond acceptors (Lipinski definition) is 2. The van der Waals surface area contributed by atoms with E-state index in [0.29, 0.717) is 19.0 Å². The summed E-state index contributed by atoms with van der Waals surface area (Å²) in [6, 6.07) is 0.395. The molecule has 2 aliphatic rings. The minimum Gasteiger partial charge on any atom is -0.353 e. The molecule has 3 N–H and O–H groups in total. The van der Waals surface area contributed by atoms with Gasteiger partial charge in [-0.25, -0.2) is 0 Å². The third-order valence-electron chi connectivity index (χ3n) is 5.85. The summed E-state index contributed by atoms with van der Waals surface area (Å²) in [5.74, 6) is 1.77. The first-order valence-electron chi connectivity index (χ1n) is 8.54. The third-order valence-corrected chi connectivity index (χ3v) is 5.85. The highest BCUT2D eigenvalue weighted by Crippen LogP contribution is 2.38. The molecule has 2 rings (SSSR count). The molecule has 0 aliphatic heterocycles. The van der Waals surface area contributed by atoms with Gasteiger partial charge in [-0.15, -0.1) is 0 Å². The highest BCUT2D eigenvalue weighted by Gasteiger charge is 2.34. The molecule has 0 spiro atoms. The largest absolute Gasteiger partial charge is 0.353 e. The van der Waals surface area contributed by atoms with Gasteiger partial charge in [0.1, 0.15) is 0 Å². The summed E-state index contributed by atoms with van der Waals surface area (Å²) in [6.07, 6.45) is 10.2. The molecule has 2 fully saturated rings. The Hall–Kier alpha value is -0.570. The molecule has 3 heteroatoms. The summed E-state index contributed by atoms with van der Waals surface area (Å²) < 4.78 is 0. The van der Waals surface area contributed by atoms with Gasteiger partial charge in [0.25, 0.3) is 0 Å². The van der Waals surface area contributed by atoms with Crippen molar-refractivity contribution in [3.8, 4) is 0 Å². The van der Waals surface area contributed by atoms with Crippen LogP contribution in [-0.4, -0.2) is 18.5 Å². The monoisotopic (exact) mass is 280 g/mol. The number of nitrogens with two attached hydrogens (primary N) is 1. The molecular weight excluding hydrogens is 248 g/mol. The SMILES string of the molecule is CC1CCC(NC(=O)CC2(CN)CCCCC2)CC1C. The van der Waals surface area contributed by atoms with Gasteiger partial charge in [0.05, 0.1) is 0 Å². The van der Waals surface area contributed by atoms with E-state index < -0.39 is 0 Å². The molecule has 3 atom stereocenters. The van der Waals surface area contributed by atoms with Gasteiger partial charge in [0.15, 0.2) is 0 Å². The molecule has 0 aromatic rings. The van der Waals surface area contributed by atoms with Crippen molar-refractivity contribution in [1.82, 2.24) is 5.32 Å². The summed E-state index contributed by atoms with van der Waals surface area (Å²) in [6.45, 7) is 5.30. The lowest BCUT2D eigenvalue weighted by Gasteiger charge is -2.37. The van der Waals surface area contributed by atoms with Gasteiger partial charge in [-0.1, -0.05) is 33.1 Å². The molecule has 116 valence electrons. The van der Waals surface area contributed by atoms with E-state index in [9.17, 15) is 4.79 Å². The van der Waals surface area contributed by atoms with Gasteiger partial charge in [-0.05, 0) is 55.9 Å². The predicted octanol–water partition coefficient (Wildman–Crippen LogP) is 3.23. The van der Waals surface area contributed by atoms with E-state index in [4.69, 9.17) is 5.73 Å². The number of nitrogens with one attached hydrogen (secondary N) is 1. The lowest BCUT2D eigenvalue weighted by Crippen LogP contribution is -2.44. The van der Waals surface area contributed by atoms with E-state index in [0.717, 1.165) is 37.5 Å². The number of hydrogen-bond donors (Lipinski definition) is 2. The Morgan fingerprint density at radius 2 is 1.85 bits per heavy atom. The van der Waals surface area contributed by atoms with E-state index in [1.165, 1.54) is 25.7 Å². The van der Waals surface area contributed by atoms with Crippen molar-refractivity contribution >= 4 is 5.91 Å². The Balaban J connectivity index is 1.82. The van der Waals surface area contributed by atoms with Crippen LogP contribution in [-0.2, 0) is 4.79 Å². The van der Waals surface area contributed by atoms with Crippen molar-refractivity contribution in [1.29, 1.82) is 0 Å². The number of rotatable bonds is 4. The Kier molecular flexibility index (Phi) is 5.48. The summed E-state index contributed by atoms with van der Waals surface area (Å²) in [5.41, 5.74) is 6.07. The first-order chi connectivity index (χ1) is 9.54. The fraction of sp³-hybridized carbons (Fsp3) is 0.941. The lowest BCUT2D eigenvalue weighted by molar-refractivity contribution is -0.125. The molecule has 2 aliphatic carbocycles. The average Bonchev–Trinajstić information content (AvgIpc) is 2.44. The van der Waals surface area contributed by atoms with Crippen LogP contribution in [0.25, 0.3) is 0 Å². The summed E-state index contributed by atoms with van der Waals surface area (Å²) in [5, 5.41) is 3.28. The highest BCUT2D eigenvalue weighted by atomic mass is 16.1. The second-order valence-corrected chi connectivity index (χ2v) is 7.47. The molecular formula is C17H32N2O. The molecule has 0 saturated heterocycles. The zero-order valence-electron chi connectivity index (χ0n) is 13.3. The Morgan fingerprint density at radius 3 is 2.45 bits per heavy atom. The first-order valence-corrected chi connectivity index (χ1v) is 8.54. The highest BCUT2D eigenvalue weighted by molar-refractivity contribution is 5.77. The molecule has 20 heavy (non-hydrogen) atoms. The maximum absolute atomic E-state index is 12.4. The molecule has 1 amide bonds. The second kappa shape index (κ2) is 6.93. The molecule has 3 nitrogen and oxygen atoms in total. The number of carbonyl (C=O) groups is 1. The van der Waals surface area contributed by atoms with Gasteiger partial charge < -0.3 is 11.1 Å². The molecule has 0 radical (unpaired) electrons. The molecule has 0 aromatic heterocycles. The van der Waals surface area contributed by atoms with Crippen LogP contribution in [0.1, 0.15) is 71.6 Å². The van der Waals surface area contributed by atoms with Crippen LogP contribution < -0.4 is 11.1 Å². The maximum atomic E-state index is 12.4. The van der Waals surface area contributed by atoms with Crippen molar-refractivity contribution in [3.05, 3.63) is 0 Å². The van der Waals surface area contributed by atoms with Crippen molar-refractivity contribution in [2.45, 2.75) is 77.7 Å². The van der Waals surface area contributed by atoms with Gasteiger partial charge >= 0.3 is 0 Å². The standard InChI is InChI=1S/C17H32N2O/c1-13-6-7-15(10-14(13)2)19-16(20)11-17(12-18)8-4-3-5-9-17/h13-15H,3-12,18H2,1-2H3,(H,19,20). The summed E-state index contributed by atoms with van der Waals surface area (Å²) >= 11 is 0. The molecule has 2 saturated carbocycles. The normalized spacial score (nSPS) is 33.6. The van der Waals surface area contributed by atoms with Gasteiger partial charge in [-0.2, -0.15) is 0 Å². The topological polar surface area (TPSA) is 55.1 Å². The van der Waals surface area contributed by atoms with Crippen molar-refractivity contribution in [3.63, 3.8) is 0 Å². The van der Waals surface area contributed by atoms with Crippen LogP contribution in [0.3, 0.4) is 0 Å². The van der Waals surface area contributed by atoms with Gasteiger partial charge in [-0.3, -0.25) is 4.79 Å². The molecule has 3 unspecified atom stereocenters. The summed E-state index contributed by atoms with van der Waals surface area (Å²) in [4.78, 5) is 12.4. The van der Waals surface area contributed by atoms with Crippen LogP contribution in [0, 0.1) is 17.3 Å².